The van der Waals surface area contributed by atoms with Crippen LogP contribution in [0.2, 0.25) is 0 Å². The van der Waals surface area contributed by atoms with E-state index in [9.17, 15) is 4.79 Å². The van der Waals surface area contributed by atoms with Crippen molar-refractivity contribution in [3.8, 4) is 0 Å². The Labute approximate surface area is 124 Å². The Morgan fingerprint density at radius 3 is 2.55 bits per heavy atom. The molecule has 1 atom stereocenters. The summed E-state index contributed by atoms with van der Waals surface area (Å²) in [7, 11) is 0. The molecule has 0 saturated carbocycles. The molecular formula is C16H20N2OS. The lowest BCUT2D eigenvalue weighted by Crippen LogP contribution is -2.37. The summed E-state index contributed by atoms with van der Waals surface area (Å²) in [5.41, 5.74) is 6.65. The van der Waals surface area contributed by atoms with E-state index >= 15 is 0 Å². The first-order valence-corrected chi connectivity index (χ1v) is 7.68. The Bertz CT molecular complexity index is 525. The molecule has 0 saturated heterocycles. The first-order chi connectivity index (χ1) is 9.70. The fraction of sp³-hybridized carbons (Fsp3) is 0.312. The van der Waals surface area contributed by atoms with Crippen LogP contribution >= 0.6 is 11.3 Å². The Hall–Kier alpha value is -1.65. The van der Waals surface area contributed by atoms with E-state index in [2.05, 4.69) is 41.5 Å². The third kappa shape index (κ3) is 3.92. The van der Waals surface area contributed by atoms with Crippen LogP contribution in [-0.4, -0.2) is 23.9 Å². The molecule has 0 aliphatic heterocycles. The van der Waals surface area contributed by atoms with Gasteiger partial charge in [0.2, 0.25) is 5.91 Å². The van der Waals surface area contributed by atoms with E-state index in [0.29, 0.717) is 6.54 Å². The van der Waals surface area contributed by atoms with Crippen molar-refractivity contribution in [3.05, 3.63) is 58.3 Å². The van der Waals surface area contributed by atoms with E-state index < -0.39 is 0 Å². The van der Waals surface area contributed by atoms with Gasteiger partial charge in [0, 0.05) is 10.9 Å². The molecule has 4 heteroatoms. The van der Waals surface area contributed by atoms with Crippen molar-refractivity contribution < 1.29 is 4.79 Å². The summed E-state index contributed by atoms with van der Waals surface area (Å²) in [4.78, 5) is 14.7. The third-order valence-electron chi connectivity index (χ3n) is 3.35. The van der Waals surface area contributed by atoms with Crippen molar-refractivity contribution in [2.75, 3.05) is 13.1 Å². The molecule has 2 aromatic rings. The van der Waals surface area contributed by atoms with Crippen molar-refractivity contribution in [3.63, 3.8) is 0 Å². The highest BCUT2D eigenvalue weighted by Gasteiger charge is 2.21. The standard InChI is InChI=1S/C16H20N2OS/c1-2-18(12-16(17)19)14(15-9-6-10-20-15)11-13-7-4-3-5-8-13/h3-10,14H,2,11-12H2,1H3,(H2,17,19). The van der Waals surface area contributed by atoms with Gasteiger partial charge in [-0.15, -0.1) is 11.3 Å². The molecule has 2 rings (SSSR count). The van der Waals surface area contributed by atoms with Crippen molar-refractivity contribution in [2.24, 2.45) is 5.73 Å². The number of carbonyl (C=O) groups is 1. The van der Waals surface area contributed by atoms with Gasteiger partial charge in [-0.05, 0) is 30.0 Å². The van der Waals surface area contributed by atoms with Crippen LogP contribution in [-0.2, 0) is 11.2 Å². The number of likely N-dealkylation sites (N-methyl/N-ethyl adjacent to an activating group) is 1. The lowest BCUT2D eigenvalue weighted by atomic mass is 10.0. The first-order valence-electron chi connectivity index (χ1n) is 6.80. The molecule has 20 heavy (non-hydrogen) atoms. The number of benzene rings is 1. The molecule has 0 aliphatic carbocycles. The molecule has 1 unspecified atom stereocenters. The molecule has 0 aliphatic rings. The minimum atomic E-state index is -0.276. The fourth-order valence-corrected chi connectivity index (χ4v) is 3.23. The van der Waals surface area contributed by atoms with Crippen LogP contribution in [0.5, 0.6) is 0 Å². The van der Waals surface area contributed by atoms with Crippen molar-refractivity contribution in [1.29, 1.82) is 0 Å². The molecular weight excluding hydrogens is 268 g/mol. The summed E-state index contributed by atoms with van der Waals surface area (Å²) in [5, 5.41) is 2.07. The van der Waals surface area contributed by atoms with E-state index in [0.717, 1.165) is 13.0 Å². The van der Waals surface area contributed by atoms with Gasteiger partial charge in [0.05, 0.1) is 6.54 Å². The SMILES string of the molecule is CCN(CC(N)=O)C(Cc1ccccc1)c1cccs1. The Balaban J connectivity index is 2.22. The van der Waals surface area contributed by atoms with Gasteiger partial charge in [0.1, 0.15) is 0 Å². The van der Waals surface area contributed by atoms with Gasteiger partial charge in [-0.3, -0.25) is 9.69 Å². The molecule has 1 heterocycles. The quantitative estimate of drug-likeness (QED) is 0.851. The molecule has 0 spiro atoms. The Morgan fingerprint density at radius 1 is 1.25 bits per heavy atom. The number of rotatable bonds is 7. The second kappa shape index (κ2) is 7.22. The molecule has 0 bridgehead atoms. The molecule has 1 amide bonds. The van der Waals surface area contributed by atoms with Crippen molar-refractivity contribution >= 4 is 17.2 Å². The predicted octanol–water partition coefficient (Wildman–Crippen LogP) is 2.84. The van der Waals surface area contributed by atoms with Crippen molar-refractivity contribution in [1.82, 2.24) is 4.90 Å². The van der Waals surface area contributed by atoms with E-state index in [1.54, 1.807) is 11.3 Å². The van der Waals surface area contributed by atoms with Gasteiger partial charge < -0.3 is 5.73 Å². The maximum absolute atomic E-state index is 11.3. The van der Waals surface area contributed by atoms with Crippen LogP contribution in [0.1, 0.15) is 23.4 Å². The summed E-state index contributed by atoms with van der Waals surface area (Å²) >= 11 is 1.73. The molecule has 0 fully saturated rings. The second-order valence-electron chi connectivity index (χ2n) is 4.75. The minimum absolute atomic E-state index is 0.204. The zero-order valence-corrected chi connectivity index (χ0v) is 12.5. The van der Waals surface area contributed by atoms with E-state index in [1.165, 1.54) is 10.4 Å². The van der Waals surface area contributed by atoms with Crippen molar-refractivity contribution in [2.45, 2.75) is 19.4 Å². The van der Waals surface area contributed by atoms with Crippen LogP contribution in [0.4, 0.5) is 0 Å². The van der Waals surface area contributed by atoms with Crippen LogP contribution in [0.15, 0.2) is 47.8 Å². The molecule has 1 aromatic heterocycles. The maximum atomic E-state index is 11.3. The summed E-state index contributed by atoms with van der Waals surface area (Å²) < 4.78 is 0. The lowest BCUT2D eigenvalue weighted by Gasteiger charge is -2.29. The topological polar surface area (TPSA) is 46.3 Å². The highest BCUT2D eigenvalue weighted by atomic mass is 32.1. The number of thiophene rings is 1. The summed E-state index contributed by atoms with van der Waals surface area (Å²) in [6.07, 6.45) is 0.891. The number of carbonyl (C=O) groups excluding carboxylic acids is 1. The van der Waals surface area contributed by atoms with Crippen LogP contribution in [0.3, 0.4) is 0 Å². The van der Waals surface area contributed by atoms with E-state index in [1.807, 2.05) is 18.2 Å². The second-order valence-corrected chi connectivity index (χ2v) is 5.73. The fourth-order valence-electron chi connectivity index (χ4n) is 2.37. The van der Waals surface area contributed by atoms with Gasteiger partial charge in [0.25, 0.3) is 0 Å². The average molecular weight is 288 g/mol. The Morgan fingerprint density at radius 2 is 2.00 bits per heavy atom. The molecule has 106 valence electrons. The molecule has 3 nitrogen and oxygen atoms in total. The minimum Gasteiger partial charge on any atom is -0.369 e. The molecule has 0 radical (unpaired) electrons. The highest BCUT2D eigenvalue weighted by molar-refractivity contribution is 7.10. The number of amides is 1. The number of primary amides is 1. The van der Waals surface area contributed by atoms with Gasteiger partial charge in [-0.2, -0.15) is 0 Å². The predicted molar refractivity (Wildman–Crippen MR) is 83.6 cm³/mol. The summed E-state index contributed by atoms with van der Waals surface area (Å²) in [6, 6.07) is 14.7. The zero-order valence-electron chi connectivity index (χ0n) is 11.7. The van der Waals surface area contributed by atoms with Crippen LogP contribution in [0.25, 0.3) is 0 Å². The number of nitrogens with zero attached hydrogens (tertiary/aromatic N) is 1. The Kier molecular flexibility index (Phi) is 5.32. The molecule has 2 N–H and O–H groups in total. The zero-order chi connectivity index (χ0) is 14.4. The summed E-state index contributed by atoms with van der Waals surface area (Å²) in [6.45, 7) is 3.17. The van der Waals surface area contributed by atoms with Gasteiger partial charge in [-0.25, -0.2) is 0 Å². The van der Waals surface area contributed by atoms with Crippen LogP contribution in [0, 0.1) is 0 Å². The smallest absolute Gasteiger partial charge is 0.231 e. The number of hydrogen-bond acceptors (Lipinski definition) is 3. The summed E-state index contributed by atoms with van der Waals surface area (Å²) in [5.74, 6) is -0.276. The van der Waals surface area contributed by atoms with Gasteiger partial charge in [-0.1, -0.05) is 43.3 Å². The lowest BCUT2D eigenvalue weighted by molar-refractivity contribution is -0.119. The highest BCUT2D eigenvalue weighted by Crippen LogP contribution is 2.28. The van der Waals surface area contributed by atoms with E-state index in [4.69, 9.17) is 5.73 Å². The van der Waals surface area contributed by atoms with Gasteiger partial charge >= 0.3 is 0 Å². The van der Waals surface area contributed by atoms with Crippen LogP contribution < -0.4 is 5.73 Å². The monoisotopic (exact) mass is 288 g/mol. The normalized spacial score (nSPS) is 12.5. The molecule has 1 aromatic carbocycles. The van der Waals surface area contributed by atoms with Gasteiger partial charge in [0.15, 0.2) is 0 Å². The third-order valence-corrected chi connectivity index (χ3v) is 4.32. The average Bonchev–Trinajstić information content (AvgIpc) is 2.97. The van der Waals surface area contributed by atoms with E-state index in [-0.39, 0.29) is 11.9 Å². The first kappa shape index (κ1) is 14.8. The largest absolute Gasteiger partial charge is 0.369 e. The number of nitrogens with two attached hydrogens (primary N) is 1. The maximum Gasteiger partial charge on any atom is 0.231 e. The number of hydrogen-bond donors (Lipinski definition) is 1.